The van der Waals surface area contributed by atoms with Crippen molar-refractivity contribution in [1.82, 2.24) is 0 Å². The van der Waals surface area contributed by atoms with Crippen molar-refractivity contribution in [1.29, 1.82) is 0 Å². The maximum atomic E-state index is 11.1. The number of ether oxygens (including phenoxy) is 1. The first-order valence-corrected chi connectivity index (χ1v) is 5.24. The minimum absolute atomic E-state index is 0.109. The zero-order chi connectivity index (χ0) is 8.91. The molecule has 66 valence electrons. The van der Waals surface area contributed by atoms with Crippen molar-refractivity contribution < 1.29 is 9.53 Å². The monoisotopic (exact) mass is 270 g/mol. The van der Waals surface area contributed by atoms with Crippen LogP contribution in [-0.4, -0.2) is 17.0 Å². The van der Waals surface area contributed by atoms with Gasteiger partial charge in [-0.2, -0.15) is 0 Å². The van der Waals surface area contributed by atoms with Gasteiger partial charge in [0.2, 0.25) is 0 Å². The number of carbonyl (C=O) groups is 1. The second-order valence-electron chi connectivity index (χ2n) is 3.43. The first-order valence-electron chi connectivity index (χ1n) is 3.71. The fourth-order valence-electron chi connectivity index (χ4n) is 0.436. The molecule has 0 atom stereocenters. The van der Waals surface area contributed by atoms with E-state index in [1.54, 1.807) is 0 Å². The van der Waals surface area contributed by atoms with Crippen molar-refractivity contribution in [3.63, 3.8) is 0 Å². The molecule has 0 N–H and O–H groups in total. The summed E-state index contributed by atoms with van der Waals surface area (Å²) in [7, 11) is 0. The molecule has 0 saturated heterocycles. The molecule has 0 aromatic heterocycles. The molecule has 0 aliphatic rings. The maximum absolute atomic E-state index is 11.1. The Labute approximate surface area is 81.8 Å². The summed E-state index contributed by atoms with van der Waals surface area (Å²) in [6.07, 6.45) is 0.947. The van der Waals surface area contributed by atoms with Crippen molar-refractivity contribution in [3.8, 4) is 0 Å². The molecular weight excluding hydrogens is 255 g/mol. The summed E-state index contributed by atoms with van der Waals surface area (Å²) >= 11 is 2.26. The molecule has 0 aliphatic heterocycles. The Morgan fingerprint density at radius 3 is 2.36 bits per heavy atom. The highest BCUT2D eigenvalue weighted by Crippen LogP contribution is 2.14. The average Bonchev–Trinajstić information content (AvgIpc) is 1.86. The van der Waals surface area contributed by atoms with Crippen molar-refractivity contribution in [2.75, 3.05) is 11.0 Å². The number of alkyl halides is 1. The molecule has 0 rings (SSSR count). The van der Waals surface area contributed by atoms with Gasteiger partial charge in [-0.3, -0.25) is 4.79 Å². The average molecular weight is 270 g/mol. The lowest BCUT2D eigenvalue weighted by Crippen LogP contribution is -2.23. The predicted molar refractivity (Wildman–Crippen MR) is 53.9 cm³/mol. The van der Waals surface area contributed by atoms with E-state index >= 15 is 0 Å². The number of rotatable bonds is 3. The van der Waals surface area contributed by atoms with Crippen molar-refractivity contribution >= 4 is 28.6 Å². The first-order chi connectivity index (χ1) is 4.98. The number of hydrogen-bond donors (Lipinski definition) is 0. The van der Waals surface area contributed by atoms with E-state index in [2.05, 4.69) is 22.6 Å². The second kappa shape index (κ2) is 4.95. The summed E-state index contributed by atoms with van der Waals surface area (Å²) in [6.45, 7) is 6.14. The van der Waals surface area contributed by atoms with E-state index in [-0.39, 0.29) is 11.4 Å². The molecule has 0 amide bonds. The van der Waals surface area contributed by atoms with Gasteiger partial charge in [-0.05, 0) is 27.2 Å². The Hall–Kier alpha value is 0.200. The fraction of sp³-hybridized carbons (Fsp3) is 0.875. The van der Waals surface area contributed by atoms with Crippen LogP contribution in [0.5, 0.6) is 0 Å². The summed E-state index contributed by atoms with van der Waals surface area (Å²) < 4.78 is 6.04. The van der Waals surface area contributed by atoms with E-state index < -0.39 is 0 Å². The molecule has 0 aromatic rings. The molecule has 0 spiro atoms. The molecule has 0 fully saturated rings. The topological polar surface area (TPSA) is 26.3 Å². The molecule has 0 bridgehead atoms. The van der Waals surface area contributed by atoms with Crippen LogP contribution in [-0.2, 0) is 9.53 Å². The molecule has 2 nitrogen and oxygen atoms in total. The third kappa shape index (κ3) is 5.47. The summed E-state index contributed by atoms with van der Waals surface area (Å²) in [4.78, 5) is 11.1. The normalized spacial score (nSPS) is 11.3. The molecule has 0 saturated carbocycles. The zero-order valence-electron chi connectivity index (χ0n) is 7.32. The summed E-state index contributed by atoms with van der Waals surface area (Å²) in [5, 5.41) is 0. The molecule has 0 aliphatic carbocycles. The Morgan fingerprint density at radius 2 is 2.00 bits per heavy atom. The standard InChI is InChI=1S/C8H15IO2/c1-8(2,3)7(10)11-6-4-5-9/h4-6H2,1-3H3. The second-order valence-corrected chi connectivity index (χ2v) is 4.51. The van der Waals surface area contributed by atoms with Crippen LogP contribution < -0.4 is 0 Å². The van der Waals surface area contributed by atoms with Gasteiger partial charge in [0.1, 0.15) is 0 Å². The third-order valence-corrected chi connectivity index (χ3v) is 1.89. The van der Waals surface area contributed by atoms with Crippen LogP contribution in [0.1, 0.15) is 27.2 Å². The first kappa shape index (κ1) is 11.2. The molecular formula is C8H15IO2. The highest BCUT2D eigenvalue weighted by molar-refractivity contribution is 14.1. The third-order valence-electron chi connectivity index (χ3n) is 1.12. The van der Waals surface area contributed by atoms with Gasteiger partial charge in [0, 0.05) is 4.43 Å². The van der Waals surface area contributed by atoms with Gasteiger partial charge in [0.15, 0.2) is 0 Å². The van der Waals surface area contributed by atoms with Crippen LogP contribution >= 0.6 is 22.6 Å². The largest absolute Gasteiger partial charge is 0.465 e. The zero-order valence-corrected chi connectivity index (χ0v) is 9.47. The van der Waals surface area contributed by atoms with E-state index in [4.69, 9.17) is 4.74 Å². The molecule has 0 aromatic carbocycles. The number of halogens is 1. The Bertz CT molecular complexity index is 127. The summed E-state index contributed by atoms with van der Waals surface area (Å²) in [5.41, 5.74) is -0.356. The highest BCUT2D eigenvalue weighted by atomic mass is 127. The highest BCUT2D eigenvalue weighted by Gasteiger charge is 2.22. The van der Waals surface area contributed by atoms with E-state index in [1.165, 1.54) is 0 Å². The lowest BCUT2D eigenvalue weighted by molar-refractivity contribution is -0.152. The molecule has 0 radical (unpaired) electrons. The van der Waals surface area contributed by atoms with Crippen molar-refractivity contribution in [2.24, 2.45) is 5.41 Å². The smallest absolute Gasteiger partial charge is 0.311 e. The van der Waals surface area contributed by atoms with Crippen LogP contribution in [0.3, 0.4) is 0 Å². The summed E-state index contributed by atoms with van der Waals surface area (Å²) in [5.74, 6) is -0.109. The maximum Gasteiger partial charge on any atom is 0.311 e. The Kier molecular flexibility index (Phi) is 5.04. The summed E-state index contributed by atoms with van der Waals surface area (Å²) in [6, 6.07) is 0. The van der Waals surface area contributed by atoms with Gasteiger partial charge in [-0.1, -0.05) is 22.6 Å². The SMILES string of the molecule is CC(C)(C)C(=O)OCCCI. The lowest BCUT2D eigenvalue weighted by Gasteiger charge is -2.15. The molecule has 0 unspecified atom stereocenters. The van der Waals surface area contributed by atoms with Crippen LogP contribution in [0.15, 0.2) is 0 Å². The Balaban J connectivity index is 3.54. The van der Waals surface area contributed by atoms with Crippen LogP contribution in [0, 0.1) is 5.41 Å². The van der Waals surface area contributed by atoms with Crippen LogP contribution in [0.4, 0.5) is 0 Å². The Morgan fingerprint density at radius 1 is 1.45 bits per heavy atom. The molecule has 3 heteroatoms. The van der Waals surface area contributed by atoms with Gasteiger partial charge in [-0.15, -0.1) is 0 Å². The van der Waals surface area contributed by atoms with E-state index in [1.807, 2.05) is 20.8 Å². The number of hydrogen-bond acceptors (Lipinski definition) is 2. The van der Waals surface area contributed by atoms with E-state index in [0.29, 0.717) is 6.61 Å². The van der Waals surface area contributed by atoms with Gasteiger partial charge in [0.05, 0.1) is 12.0 Å². The predicted octanol–water partition coefficient (Wildman–Crippen LogP) is 2.40. The van der Waals surface area contributed by atoms with Crippen LogP contribution in [0.2, 0.25) is 0 Å². The van der Waals surface area contributed by atoms with Gasteiger partial charge >= 0.3 is 5.97 Å². The fourth-order valence-corrected chi connectivity index (χ4v) is 0.747. The van der Waals surface area contributed by atoms with Crippen molar-refractivity contribution in [2.45, 2.75) is 27.2 Å². The molecule has 11 heavy (non-hydrogen) atoms. The lowest BCUT2D eigenvalue weighted by atomic mass is 9.97. The van der Waals surface area contributed by atoms with E-state index in [0.717, 1.165) is 10.8 Å². The minimum atomic E-state index is -0.356. The number of esters is 1. The van der Waals surface area contributed by atoms with Gasteiger partial charge < -0.3 is 4.74 Å². The van der Waals surface area contributed by atoms with Crippen LogP contribution in [0.25, 0.3) is 0 Å². The molecule has 0 heterocycles. The van der Waals surface area contributed by atoms with Gasteiger partial charge in [0.25, 0.3) is 0 Å². The minimum Gasteiger partial charge on any atom is -0.465 e. The van der Waals surface area contributed by atoms with Gasteiger partial charge in [-0.25, -0.2) is 0 Å². The van der Waals surface area contributed by atoms with E-state index in [9.17, 15) is 4.79 Å². The van der Waals surface area contributed by atoms with Crippen molar-refractivity contribution in [3.05, 3.63) is 0 Å². The number of carbonyl (C=O) groups excluding carboxylic acids is 1. The quantitative estimate of drug-likeness (QED) is 0.340.